The number of imidazole rings is 1. The minimum atomic E-state index is -3.43. The van der Waals surface area contributed by atoms with E-state index in [0.717, 1.165) is 5.69 Å². The van der Waals surface area contributed by atoms with E-state index in [1.165, 1.54) is 12.1 Å². The molecule has 3 aromatic rings. The number of rotatable bonds is 13. The number of fused-ring (bicyclic) bond motifs is 1. The summed E-state index contributed by atoms with van der Waals surface area (Å²) in [5.74, 6) is -0.562. The highest BCUT2D eigenvalue weighted by atomic mass is 32.2. The van der Waals surface area contributed by atoms with Crippen molar-refractivity contribution in [2.24, 2.45) is 11.5 Å². The average molecular weight is 521 g/mol. The minimum absolute atomic E-state index is 0.0317. The fourth-order valence-electron chi connectivity index (χ4n) is 3.73. The van der Waals surface area contributed by atoms with E-state index in [4.69, 9.17) is 16.2 Å². The Labute approximate surface area is 209 Å². The van der Waals surface area contributed by atoms with Crippen LogP contribution in [0.5, 0.6) is 5.75 Å². The van der Waals surface area contributed by atoms with Gasteiger partial charge in [-0.25, -0.2) is 18.1 Å². The van der Waals surface area contributed by atoms with Crippen LogP contribution in [0.4, 0.5) is 5.95 Å². The number of nitrogens with one attached hydrogen (secondary N) is 2. The van der Waals surface area contributed by atoms with Crippen LogP contribution in [0.1, 0.15) is 46.8 Å². The zero-order chi connectivity index (χ0) is 26.5. The molecule has 0 radical (unpaired) electrons. The Balaban J connectivity index is 1.87. The Hall–Kier alpha value is -3.49. The molecule has 0 aliphatic rings. The largest absolute Gasteiger partial charge is 0.491 e. The molecule has 13 nitrogen and oxygen atoms in total. The summed E-state index contributed by atoms with van der Waals surface area (Å²) in [5.41, 5.74) is 13.1. The number of ether oxygens (including phenoxy) is 1. The number of amides is 2. The lowest BCUT2D eigenvalue weighted by Crippen LogP contribution is -2.31. The van der Waals surface area contributed by atoms with Gasteiger partial charge >= 0.3 is 0 Å². The van der Waals surface area contributed by atoms with Crippen molar-refractivity contribution in [3.05, 3.63) is 35.2 Å². The fourth-order valence-corrected chi connectivity index (χ4v) is 4.64. The van der Waals surface area contributed by atoms with Gasteiger partial charge in [-0.3, -0.25) is 19.6 Å². The highest BCUT2D eigenvalue weighted by molar-refractivity contribution is 7.89. The lowest BCUT2D eigenvalue weighted by Gasteiger charge is -2.13. The number of aromatic nitrogens is 4. The number of hydrogen-bond acceptors (Lipinski definition) is 8. The van der Waals surface area contributed by atoms with Gasteiger partial charge in [0.05, 0.1) is 23.6 Å². The van der Waals surface area contributed by atoms with Gasteiger partial charge in [-0.1, -0.05) is 0 Å². The molecule has 36 heavy (non-hydrogen) atoms. The second-order valence-electron chi connectivity index (χ2n) is 8.03. The molecule has 196 valence electrons. The van der Waals surface area contributed by atoms with Crippen LogP contribution < -0.4 is 26.2 Å². The van der Waals surface area contributed by atoms with Gasteiger partial charge in [0.15, 0.2) is 0 Å². The number of primary amides is 1. The Morgan fingerprint density at radius 3 is 2.56 bits per heavy atom. The van der Waals surface area contributed by atoms with E-state index >= 15 is 0 Å². The predicted molar refractivity (Wildman–Crippen MR) is 135 cm³/mol. The van der Waals surface area contributed by atoms with Crippen LogP contribution in [0.25, 0.3) is 11.0 Å². The lowest BCUT2D eigenvalue weighted by molar-refractivity contribution is 0.0995. The van der Waals surface area contributed by atoms with Gasteiger partial charge in [0.1, 0.15) is 17.0 Å². The Morgan fingerprint density at radius 2 is 1.92 bits per heavy atom. The molecule has 0 saturated carbocycles. The van der Waals surface area contributed by atoms with E-state index in [1.807, 2.05) is 20.8 Å². The standard InChI is InChI=1S/C22H32N8O5S/c1-4-29-19-16(26-22(29)27-21(32)17-11-14(3)28-30(17)5-2)12-15(20(24)31)13-18(19)35-9-6-8-25-36(33,34)10-7-23/h11-13,25H,4-10,23H2,1-3H3,(H2,24,31)(H,26,27,32). The molecular formula is C22H32N8O5S. The summed E-state index contributed by atoms with van der Waals surface area (Å²) >= 11 is 0. The maximum atomic E-state index is 13.0. The summed E-state index contributed by atoms with van der Waals surface area (Å²) in [4.78, 5) is 29.4. The van der Waals surface area contributed by atoms with E-state index in [2.05, 4.69) is 20.1 Å². The number of benzene rings is 1. The molecule has 14 heteroatoms. The van der Waals surface area contributed by atoms with Crippen molar-refractivity contribution >= 4 is 38.8 Å². The van der Waals surface area contributed by atoms with Crippen LogP contribution in [0.15, 0.2) is 18.2 Å². The Bertz CT molecular complexity index is 1360. The fraction of sp³-hybridized carbons (Fsp3) is 0.455. The van der Waals surface area contributed by atoms with Crippen LogP contribution >= 0.6 is 0 Å². The molecule has 0 bridgehead atoms. The molecule has 2 aromatic heterocycles. The molecule has 2 heterocycles. The Kier molecular flexibility index (Phi) is 8.66. The summed E-state index contributed by atoms with van der Waals surface area (Å²) in [7, 11) is -3.43. The highest BCUT2D eigenvalue weighted by Crippen LogP contribution is 2.31. The summed E-state index contributed by atoms with van der Waals surface area (Å²) in [6.45, 7) is 6.92. The van der Waals surface area contributed by atoms with Gasteiger partial charge < -0.3 is 20.8 Å². The highest BCUT2D eigenvalue weighted by Gasteiger charge is 2.21. The molecule has 3 rings (SSSR count). The molecule has 0 saturated heterocycles. The molecule has 1 aromatic carbocycles. The molecule has 0 aliphatic carbocycles. The van der Waals surface area contributed by atoms with Crippen molar-refractivity contribution in [3.8, 4) is 5.75 Å². The van der Waals surface area contributed by atoms with Gasteiger partial charge in [-0.05, 0) is 45.4 Å². The molecule has 0 fully saturated rings. The van der Waals surface area contributed by atoms with Crippen LogP contribution in [0.3, 0.4) is 0 Å². The van der Waals surface area contributed by atoms with Crippen molar-refractivity contribution in [2.45, 2.75) is 40.3 Å². The third-order valence-electron chi connectivity index (χ3n) is 5.35. The topological polar surface area (TPSA) is 189 Å². The summed E-state index contributed by atoms with van der Waals surface area (Å²) < 4.78 is 35.2. The van der Waals surface area contributed by atoms with Crippen molar-refractivity contribution in [3.63, 3.8) is 0 Å². The summed E-state index contributed by atoms with van der Waals surface area (Å²) in [5, 5.41) is 7.13. The second kappa shape index (κ2) is 11.5. The number of nitrogens with two attached hydrogens (primary N) is 2. The lowest BCUT2D eigenvalue weighted by atomic mass is 10.1. The van der Waals surface area contributed by atoms with Gasteiger partial charge in [-0.2, -0.15) is 5.10 Å². The van der Waals surface area contributed by atoms with E-state index in [9.17, 15) is 18.0 Å². The number of carbonyl (C=O) groups is 2. The first-order chi connectivity index (χ1) is 17.1. The first-order valence-corrected chi connectivity index (χ1v) is 13.3. The molecule has 0 spiro atoms. The van der Waals surface area contributed by atoms with Crippen LogP contribution in [-0.4, -0.2) is 65.0 Å². The second-order valence-corrected chi connectivity index (χ2v) is 9.96. The van der Waals surface area contributed by atoms with Gasteiger partial charge in [-0.15, -0.1) is 0 Å². The summed E-state index contributed by atoms with van der Waals surface area (Å²) in [6, 6.07) is 4.74. The average Bonchev–Trinajstić information content (AvgIpc) is 3.37. The molecule has 0 aliphatic heterocycles. The monoisotopic (exact) mass is 520 g/mol. The maximum Gasteiger partial charge on any atom is 0.276 e. The van der Waals surface area contributed by atoms with Gasteiger partial charge in [0.2, 0.25) is 21.9 Å². The van der Waals surface area contributed by atoms with E-state index in [1.54, 1.807) is 15.3 Å². The Morgan fingerprint density at radius 1 is 1.17 bits per heavy atom. The van der Waals surface area contributed by atoms with Crippen molar-refractivity contribution in [2.75, 3.05) is 30.8 Å². The molecule has 2 amide bonds. The number of hydrogen-bond donors (Lipinski definition) is 4. The zero-order valence-corrected chi connectivity index (χ0v) is 21.4. The third kappa shape index (κ3) is 6.19. The molecule has 0 atom stereocenters. The first kappa shape index (κ1) is 27.1. The quantitative estimate of drug-likeness (QED) is 0.235. The predicted octanol–water partition coefficient (Wildman–Crippen LogP) is 0.579. The summed E-state index contributed by atoms with van der Waals surface area (Å²) in [6.07, 6.45) is 0.371. The zero-order valence-electron chi connectivity index (χ0n) is 20.6. The van der Waals surface area contributed by atoms with Crippen LogP contribution in [-0.2, 0) is 23.1 Å². The van der Waals surface area contributed by atoms with E-state index < -0.39 is 15.9 Å². The van der Waals surface area contributed by atoms with E-state index in [-0.39, 0.29) is 42.9 Å². The van der Waals surface area contributed by atoms with Crippen LogP contribution in [0.2, 0.25) is 0 Å². The maximum absolute atomic E-state index is 13.0. The van der Waals surface area contributed by atoms with Crippen LogP contribution in [0, 0.1) is 6.92 Å². The van der Waals surface area contributed by atoms with Gasteiger partial charge in [0.25, 0.3) is 5.91 Å². The molecule has 6 N–H and O–H groups in total. The molecule has 0 unspecified atom stereocenters. The molecular weight excluding hydrogens is 488 g/mol. The normalized spacial score (nSPS) is 11.7. The number of anilines is 1. The number of nitrogens with zero attached hydrogens (tertiary/aromatic N) is 4. The minimum Gasteiger partial charge on any atom is -0.491 e. The third-order valence-corrected chi connectivity index (χ3v) is 6.77. The van der Waals surface area contributed by atoms with Crippen molar-refractivity contribution in [1.82, 2.24) is 24.1 Å². The van der Waals surface area contributed by atoms with E-state index in [0.29, 0.717) is 42.0 Å². The number of carbonyl (C=O) groups excluding carboxylic acids is 2. The smallest absolute Gasteiger partial charge is 0.276 e. The first-order valence-electron chi connectivity index (χ1n) is 11.6. The van der Waals surface area contributed by atoms with Crippen molar-refractivity contribution < 1.29 is 22.7 Å². The number of aryl methyl sites for hydroxylation is 3. The van der Waals surface area contributed by atoms with Crippen molar-refractivity contribution in [1.29, 1.82) is 0 Å². The van der Waals surface area contributed by atoms with Gasteiger partial charge in [0, 0.05) is 31.7 Å². The number of sulfonamides is 1. The SMILES string of the molecule is CCn1nc(C)cc1C(=O)Nc1nc2cc(C(N)=O)cc(OCCCNS(=O)(=O)CCN)c2n1CC.